The number of halogens is 2. The first-order valence-electron chi connectivity index (χ1n) is 8.50. The van der Waals surface area contributed by atoms with Gasteiger partial charge in [0, 0.05) is 21.0 Å². The summed E-state index contributed by atoms with van der Waals surface area (Å²) in [5.41, 5.74) is 2.21. The lowest BCUT2D eigenvalue weighted by molar-refractivity contribution is 0.601. The van der Waals surface area contributed by atoms with Crippen LogP contribution >= 0.6 is 23.2 Å². The van der Waals surface area contributed by atoms with Gasteiger partial charge in [0.1, 0.15) is 0 Å². The van der Waals surface area contributed by atoms with E-state index in [1.807, 2.05) is 66.7 Å². The standard InChI is InChI=1S/C22H15Cl2NO2S/c23-17-12-18(24)14-19(13-17)28(26,27)25-22-20-9-5-4-8-16(20)10-11-21(22)15-6-2-1-3-7-15/h1-14,25H. The van der Waals surface area contributed by atoms with Crippen LogP contribution in [0.5, 0.6) is 0 Å². The second kappa shape index (κ2) is 7.47. The number of benzene rings is 4. The van der Waals surface area contributed by atoms with Gasteiger partial charge in [0.2, 0.25) is 0 Å². The minimum atomic E-state index is -3.90. The van der Waals surface area contributed by atoms with Gasteiger partial charge in [-0.1, -0.05) is 89.9 Å². The minimum Gasteiger partial charge on any atom is -0.278 e. The first-order valence-corrected chi connectivity index (χ1v) is 10.7. The third kappa shape index (κ3) is 3.72. The molecule has 0 radical (unpaired) electrons. The number of nitrogens with one attached hydrogen (secondary N) is 1. The molecule has 0 aliphatic carbocycles. The molecule has 140 valence electrons. The number of hydrogen-bond acceptors (Lipinski definition) is 2. The van der Waals surface area contributed by atoms with Gasteiger partial charge in [0.25, 0.3) is 10.0 Å². The summed E-state index contributed by atoms with van der Waals surface area (Å²) >= 11 is 12.0. The third-order valence-corrected chi connectivity index (χ3v) is 6.16. The van der Waals surface area contributed by atoms with Crippen LogP contribution in [0.1, 0.15) is 0 Å². The van der Waals surface area contributed by atoms with E-state index in [0.29, 0.717) is 5.69 Å². The van der Waals surface area contributed by atoms with Crippen LogP contribution in [-0.4, -0.2) is 8.42 Å². The highest BCUT2D eigenvalue weighted by molar-refractivity contribution is 7.92. The normalized spacial score (nSPS) is 11.5. The van der Waals surface area contributed by atoms with Crippen LogP contribution < -0.4 is 4.72 Å². The summed E-state index contributed by atoms with van der Waals surface area (Å²) in [7, 11) is -3.90. The molecule has 28 heavy (non-hydrogen) atoms. The number of sulfonamides is 1. The van der Waals surface area contributed by atoms with Crippen molar-refractivity contribution in [2.24, 2.45) is 0 Å². The Balaban J connectivity index is 1.92. The zero-order chi connectivity index (χ0) is 19.7. The molecule has 0 atom stereocenters. The second-order valence-electron chi connectivity index (χ2n) is 6.29. The van der Waals surface area contributed by atoms with Crippen molar-refractivity contribution >= 4 is 49.7 Å². The molecule has 0 bridgehead atoms. The van der Waals surface area contributed by atoms with Crippen LogP contribution in [0.3, 0.4) is 0 Å². The van der Waals surface area contributed by atoms with Crippen molar-refractivity contribution in [2.45, 2.75) is 4.90 Å². The predicted octanol–water partition coefficient (Wildman–Crippen LogP) is 6.61. The van der Waals surface area contributed by atoms with Crippen molar-refractivity contribution in [3.63, 3.8) is 0 Å². The molecule has 0 spiro atoms. The average Bonchev–Trinajstić information content (AvgIpc) is 2.68. The lowest BCUT2D eigenvalue weighted by Gasteiger charge is -2.16. The quantitative estimate of drug-likeness (QED) is 0.397. The predicted molar refractivity (Wildman–Crippen MR) is 117 cm³/mol. The van der Waals surface area contributed by atoms with Gasteiger partial charge < -0.3 is 0 Å². The summed E-state index contributed by atoms with van der Waals surface area (Å²) in [4.78, 5) is 0.0111. The monoisotopic (exact) mass is 427 g/mol. The molecule has 6 heteroatoms. The van der Waals surface area contributed by atoms with Crippen molar-refractivity contribution in [3.8, 4) is 11.1 Å². The molecule has 4 aromatic carbocycles. The molecular weight excluding hydrogens is 413 g/mol. The SMILES string of the molecule is O=S(=O)(Nc1c(-c2ccccc2)ccc2ccccc12)c1cc(Cl)cc(Cl)c1. The Kier molecular flexibility index (Phi) is 5.02. The van der Waals surface area contributed by atoms with Gasteiger partial charge in [0.15, 0.2) is 0 Å². The maximum atomic E-state index is 13.1. The van der Waals surface area contributed by atoms with E-state index in [1.54, 1.807) is 0 Å². The highest BCUT2D eigenvalue weighted by Gasteiger charge is 2.20. The van der Waals surface area contributed by atoms with Crippen molar-refractivity contribution in [1.29, 1.82) is 0 Å². The average molecular weight is 428 g/mol. The smallest absolute Gasteiger partial charge is 0.262 e. The van der Waals surface area contributed by atoms with E-state index < -0.39 is 10.0 Å². The first kappa shape index (κ1) is 18.8. The maximum Gasteiger partial charge on any atom is 0.262 e. The van der Waals surface area contributed by atoms with Crippen LogP contribution in [0.4, 0.5) is 5.69 Å². The molecule has 1 N–H and O–H groups in total. The van der Waals surface area contributed by atoms with Crippen molar-refractivity contribution in [2.75, 3.05) is 4.72 Å². The van der Waals surface area contributed by atoms with Crippen molar-refractivity contribution in [3.05, 3.63) is 95.0 Å². The first-order chi connectivity index (χ1) is 13.4. The van der Waals surface area contributed by atoms with E-state index in [-0.39, 0.29) is 14.9 Å². The Morgan fingerprint density at radius 3 is 2.07 bits per heavy atom. The largest absolute Gasteiger partial charge is 0.278 e. The van der Waals surface area contributed by atoms with Gasteiger partial charge in [-0.15, -0.1) is 0 Å². The fourth-order valence-electron chi connectivity index (χ4n) is 3.12. The van der Waals surface area contributed by atoms with Crippen molar-refractivity contribution < 1.29 is 8.42 Å². The highest BCUT2D eigenvalue weighted by Crippen LogP contribution is 2.36. The molecule has 4 rings (SSSR count). The molecule has 3 nitrogen and oxygen atoms in total. The summed E-state index contributed by atoms with van der Waals surface area (Å²) in [6.45, 7) is 0. The molecule has 0 heterocycles. The fourth-order valence-corrected chi connectivity index (χ4v) is 4.94. The van der Waals surface area contributed by atoms with E-state index in [9.17, 15) is 8.42 Å². The van der Waals surface area contributed by atoms with Gasteiger partial charge in [0.05, 0.1) is 10.6 Å². The minimum absolute atomic E-state index is 0.0111. The van der Waals surface area contributed by atoms with E-state index >= 15 is 0 Å². The summed E-state index contributed by atoms with van der Waals surface area (Å²) in [5.74, 6) is 0. The van der Waals surface area contributed by atoms with Crippen LogP contribution in [0.2, 0.25) is 10.0 Å². The van der Waals surface area contributed by atoms with E-state index in [1.165, 1.54) is 18.2 Å². The van der Waals surface area contributed by atoms with Gasteiger partial charge in [-0.2, -0.15) is 0 Å². The topological polar surface area (TPSA) is 46.2 Å². The van der Waals surface area contributed by atoms with E-state index in [4.69, 9.17) is 23.2 Å². The highest BCUT2D eigenvalue weighted by atomic mass is 35.5. The lowest BCUT2D eigenvalue weighted by Crippen LogP contribution is -2.14. The number of rotatable bonds is 4. The van der Waals surface area contributed by atoms with Gasteiger partial charge in [-0.05, 0) is 29.1 Å². The Labute approximate surface area is 173 Å². The van der Waals surface area contributed by atoms with Gasteiger partial charge in [-0.25, -0.2) is 8.42 Å². The van der Waals surface area contributed by atoms with Gasteiger partial charge in [-0.3, -0.25) is 4.72 Å². The van der Waals surface area contributed by atoms with Crippen LogP contribution in [0, 0.1) is 0 Å². The molecular formula is C22H15Cl2NO2S. The zero-order valence-electron chi connectivity index (χ0n) is 14.6. The summed E-state index contributed by atoms with van der Waals surface area (Å²) < 4.78 is 29.0. The molecule has 4 aromatic rings. The van der Waals surface area contributed by atoms with Crippen molar-refractivity contribution in [1.82, 2.24) is 0 Å². The van der Waals surface area contributed by atoms with Crippen LogP contribution in [-0.2, 0) is 10.0 Å². The lowest BCUT2D eigenvalue weighted by atomic mass is 9.99. The molecule has 0 saturated carbocycles. The third-order valence-electron chi connectivity index (χ3n) is 4.40. The van der Waals surface area contributed by atoms with Crippen LogP contribution in [0.25, 0.3) is 21.9 Å². The van der Waals surface area contributed by atoms with E-state index in [2.05, 4.69) is 4.72 Å². The second-order valence-corrected chi connectivity index (χ2v) is 8.84. The summed E-state index contributed by atoms with van der Waals surface area (Å²) in [5, 5.41) is 2.26. The zero-order valence-corrected chi connectivity index (χ0v) is 16.9. The molecule has 0 unspecified atom stereocenters. The Morgan fingerprint density at radius 1 is 0.714 bits per heavy atom. The number of anilines is 1. The number of hydrogen-bond donors (Lipinski definition) is 1. The van der Waals surface area contributed by atoms with Gasteiger partial charge >= 0.3 is 0 Å². The van der Waals surface area contributed by atoms with E-state index in [0.717, 1.165) is 21.9 Å². The Bertz CT molecular complexity index is 1250. The summed E-state index contributed by atoms with van der Waals surface area (Å²) in [6, 6.07) is 25.4. The fraction of sp³-hybridized carbons (Fsp3) is 0. The Hall–Kier alpha value is -2.53. The molecule has 0 aliphatic heterocycles. The molecule has 0 aliphatic rings. The molecule has 0 saturated heterocycles. The molecule has 0 fully saturated rings. The van der Waals surface area contributed by atoms with Crippen LogP contribution in [0.15, 0.2) is 89.8 Å². The Morgan fingerprint density at radius 2 is 1.36 bits per heavy atom. The summed E-state index contributed by atoms with van der Waals surface area (Å²) in [6.07, 6.45) is 0. The molecule has 0 aromatic heterocycles. The number of fused-ring (bicyclic) bond motifs is 1. The molecule has 0 amide bonds. The maximum absolute atomic E-state index is 13.1.